The Kier molecular flexibility index (Phi) is 9.70. The fraction of sp³-hybridized carbons (Fsp3) is 0.607. The van der Waals surface area contributed by atoms with Gasteiger partial charge in [-0.05, 0) is 92.1 Å². The monoisotopic (exact) mass is 528 g/mol. The van der Waals surface area contributed by atoms with E-state index in [-0.39, 0.29) is 23.9 Å². The van der Waals surface area contributed by atoms with Crippen LogP contribution in [0.3, 0.4) is 0 Å². The van der Waals surface area contributed by atoms with Gasteiger partial charge in [-0.25, -0.2) is 4.98 Å². The molecule has 9 heteroatoms. The van der Waals surface area contributed by atoms with Gasteiger partial charge in [-0.2, -0.15) is 4.98 Å². The molecule has 1 aliphatic heterocycles. The normalized spacial score (nSPS) is 17.9. The quantitative estimate of drug-likeness (QED) is 0.207. The molecule has 202 valence electrons. The Hall–Kier alpha value is -2.10. The zero-order chi connectivity index (χ0) is 27.3. The second kappa shape index (κ2) is 12.2. The lowest BCUT2D eigenvalue weighted by Gasteiger charge is -2.32. The Balaban J connectivity index is 0.000000479. The Morgan fingerprint density at radius 2 is 1.65 bits per heavy atom. The molecule has 0 N–H and O–H groups in total. The summed E-state index contributed by atoms with van der Waals surface area (Å²) in [6.45, 7) is 16.9. The van der Waals surface area contributed by atoms with E-state index in [4.69, 9.17) is 24.0 Å². The van der Waals surface area contributed by atoms with Gasteiger partial charge in [0.2, 0.25) is 5.88 Å². The van der Waals surface area contributed by atoms with Crippen molar-refractivity contribution in [2.24, 2.45) is 0 Å². The molecule has 2 heterocycles. The smallest absolute Gasteiger partial charge is 0.478 e. The van der Waals surface area contributed by atoms with Crippen molar-refractivity contribution in [3.05, 3.63) is 41.1 Å². The average molecular weight is 529 g/mol. The summed E-state index contributed by atoms with van der Waals surface area (Å²) in [6, 6.07) is 8.46. The van der Waals surface area contributed by atoms with E-state index < -0.39 is 0 Å². The molecule has 7 nitrogen and oxygen atoms in total. The number of rotatable bonds is 7. The van der Waals surface area contributed by atoms with Crippen molar-refractivity contribution in [2.45, 2.75) is 109 Å². The minimum absolute atomic E-state index is 0.318. The number of thioether (sulfide) groups is 1. The summed E-state index contributed by atoms with van der Waals surface area (Å²) in [5.74, 6) is 1.59. The van der Waals surface area contributed by atoms with E-state index in [0.717, 1.165) is 35.1 Å². The molecule has 1 aromatic carbocycles. The second-order valence-corrected chi connectivity index (χ2v) is 12.3. The molecule has 0 saturated carbocycles. The largest absolute Gasteiger partial charge is 0.494 e. The minimum atomic E-state index is -0.325. The van der Waals surface area contributed by atoms with Gasteiger partial charge in [0.25, 0.3) is 6.47 Å². The molecule has 0 unspecified atom stereocenters. The molecule has 1 saturated heterocycles. The summed E-state index contributed by atoms with van der Waals surface area (Å²) in [5.41, 5.74) is 3.67. The molecule has 37 heavy (non-hydrogen) atoms. The highest BCUT2D eigenvalue weighted by atomic mass is 32.2. The average Bonchev–Trinajstić information content (AvgIpc) is 3.04. The highest BCUT2D eigenvalue weighted by Crippen LogP contribution is 2.36. The molecule has 0 radical (unpaired) electrons. The Labute approximate surface area is 226 Å². The number of ether oxygens (including phenoxy) is 2. The van der Waals surface area contributed by atoms with Gasteiger partial charge < -0.3 is 18.8 Å². The summed E-state index contributed by atoms with van der Waals surface area (Å²) in [6.07, 6.45) is 4.43. The van der Waals surface area contributed by atoms with Crippen LogP contribution in [0.5, 0.6) is 5.88 Å². The number of hydrogen-bond acceptors (Lipinski definition) is 8. The molecule has 0 atom stereocenters. The van der Waals surface area contributed by atoms with E-state index in [2.05, 4.69) is 56.7 Å². The third-order valence-electron chi connectivity index (χ3n) is 6.68. The molecule has 1 aliphatic carbocycles. The molecule has 4 rings (SSSR count). The Morgan fingerprint density at radius 3 is 2.19 bits per heavy atom. The maximum atomic E-state index is 9.60. The van der Waals surface area contributed by atoms with Gasteiger partial charge in [-0.1, -0.05) is 36.0 Å². The molecular formula is C28H41BN2O5S. The predicted octanol–water partition coefficient (Wildman–Crippen LogP) is 5.30. The Morgan fingerprint density at radius 1 is 1.03 bits per heavy atom. The fourth-order valence-electron chi connectivity index (χ4n) is 3.90. The van der Waals surface area contributed by atoms with Crippen molar-refractivity contribution >= 4 is 30.8 Å². The van der Waals surface area contributed by atoms with Crippen molar-refractivity contribution in [3.8, 4) is 5.88 Å². The van der Waals surface area contributed by atoms with Crippen LogP contribution >= 0.6 is 11.8 Å². The zero-order valence-electron chi connectivity index (χ0n) is 23.6. The van der Waals surface area contributed by atoms with Crippen molar-refractivity contribution in [3.63, 3.8) is 0 Å². The van der Waals surface area contributed by atoms with Gasteiger partial charge in [0, 0.05) is 11.3 Å². The van der Waals surface area contributed by atoms with Crippen LogP contribution in [-0.2, 0) is 37.4 Å². The number of fused-ring (bicyclic) bond motifs is 1. The number of aromatic nitrogens is 2. The van der Waals surface area contributed by atoms with E-state index in [9.17, 15) is 4.79 Å². The SMILES string of the molecule is CC(C)(C)OC=O.CCOc1nc(SCc2ccc(B3OC(C)(C)C(C)(C)O3)cc2)nc2c1CCCC2. The summed E-state index contributed by atoms with van der Waals surface area (Å²) >= 11 is 1.66. The molecule has 0 bridgehead atoms. The van der Waals surface area contributed by atoms with E-state index in [1.54, 1.807) is 11.8 Å². The number of aryl methyl sites for hydroxylation is 1. The first-order chi connectivity index (χ1) is 17.3. The van der Waals surface area contributed by atoms with Crippen LogP contribution in [0.15, 0.2) is 29.4 Å². The highest BCUT2D eigenvalue weighted by molar-refractivity contribution is 7.98. The van der Waals surface area contributed by atoms with Gasteiger partial charge in [0.15, 0.2) is 5.16 Å². The molecule has 1 aromatic heterocycles. The van der Waals surface area contributed by atoms with Crippen LogP contribution in [0.25, 0.3) is 0 Å². The lowest BCUT2D eigenvalue weighted by molar-refractivity contribution is -0.138. The topological polar surface area (TPSA) is 79.8 Å². The Bertz CT molecular complexity index is 1040. The zero-order valence-corrected chi connectivity index (χ0v) is 24.4. The summed E-state index contributed by atoms with van der Waals surface area (Å²) in [5, 5.41) is 0.800. The van der Waals surface area contributed by atoms with Crippen molar-refractivity contribution in [2.75, 3.05) is 6.61 Å². The van der Waals surface area contributed by atoms with E-state index in [1.165, 1.54) is 29.7 Å². The fourth-order valence-corrected chi connectivity index (χ4v) is 4.71. The first kappa shape index (κ1) is 29.5. The second-order valence-electron chi connectivity index (χ2n) is 11.3. The lowest BCUT2D eigenvalue weighted by atomic mass is 9.79. The summed E-state index contributed by atoms with van der Waals surface area (Å²) in [7, 11) is -0.325. The molecule has 0 spiro atoms. The molecule has 0 amide bonds. The van der Waals surface area contributed by atoms with Crippen LogP contribution in [0, 0.1) is 0 Å². The molecule has 2 aromatic rings. The van der Waals surface area contributed by atoms with Gasteiger partial charge >= 0.3 is 7.12 Å². The van der Waals surface area contributed by atoms with Crippen LogP contribution < -0.4 is 10.2 Å². The third kappa shape index (κ3) is 7.95. The molecular weight excluding hydrogens is 487 g/mol. The van der Waals surface area contributed by atoms with Crippen LogP contribution in [0.4, 0.5) is 0 Å². The number of carbonyl (C=O) groups is 1. The number of nitrogens with zero attached hydrogens (tertiary/aromatic N) is 2. The van der Waals surface area contributed by atoms with Crippen LogP contribution in [0.2, 0.25) is 0 Å². The van der Waals surface area contributed by atoms with Crippen molar-refractivity contribution in [1.29, 1.82) is 0 Å². The summed E-state index contributed by atoms with van der Waals surface area (Å²) < 4.78 is 22.7. The first-order valence-corrected chi connectivity index (χ1v) is 14.0. The number of hydrogen-bond donors (Lipinski definition) is 0. The standard InChI is InChI=1S/C23H31BN2O3S.C5H10O2/c1-6-27-20-18-9-7-8-10-19(18)25-21(26-20)30-15-16-11-13-17(14-12-16)24-28-22(2,3)23(4,5)29-24;1-5(2,3)7-4-6/h11-14H,6-10,15H2,1-5H3;4H,1-3H3. The van der Waals surface area contributed by atoms with Crippen LogP contribution in [0.1, 0.15) is 85.1 Å². The van der Waals surface area contributed by atoms with E-state index in [1.807, 2.05) is 27.7 Å². The van der Waals surface area contributed by atoms with Crippen molar-refractivity contribution < 1.29 is 23.6 Å². The number of benzene rings is 1. The predicted molar refractivity (Wildman–Crippen MR) is 148 cm³/mol. The van der Waals surface area contributed by atoms with Gasteiger partial charge in [0.1, 0.15) is 5.60 Å². The van der Waals surface area contributed by atoms with Gasteiger partial charge in [-0.15, -0.1) is 0 Å². The highest BCUT2D eigenvalue weighted by Gasteiger charge is 2.51. The molecule has 2 aliphatic rings. The first-order valence-electron chi connectivity index (χ1n) is 13.1. The summed E-state index contributed by atoms with van der Waals surface area (Å²) in [4.78, 5) is 19.1. The third-order valence-corrected chi connectivity index (χ3v) is 7.60. The minimum Gasteiger partial charge on any atom is -0.478 e. The maximum Gasteiger partial charge on any atom is 0.494 e. The van der Waals surface area contributed by atoms with Crippen molar-refractivity contribution in [1.82, 2.24) is 9.97 Å². The van der Waals surface area contributed by atoms with E-state index in [0.29, 0.717) is 13.1 Å². The molecule has 1 fully saturated rings. The lowest BCUT2D eigenvalue weighted by Crippen LogP contribution is -2.41. The van der Waals surface area contributed by atoms with Crippen LogP contribution in [-0.4, -0.2) is 47.0 Å². The number of carbonyl (C=O) groups excluding carboxylic acids is 1. The van der Waals surface area contributed by atoms with E-state index >= 15 is 0 Å². The van der Waals surface area contributed by atoms with Gasteiger partial charge in [0.05, 0.1) is 23.5 Å². The maximum absolute atomic E-state index is 9.60. The van der Waals surface area contributed by atoms with Gasteiger partial charge in [-0.3, -0.25) is 4.79 Å².